The van der Waals surface area contributed by atoms with Crippen molar-refractivity contribution >= 4 is 5.91 Å². The number of nitriles is 1. The summed E-state index contributed by atoms with van der Waals surface area (Å²) in [6.45, 7) is 9.99. The smallest absolute Gasteiger partial charge is 0.240 e. The highest BCUT2D eigenvalue weighted by molar-refractivity contribution is 5.81. The molecule has 1 unspecified atom stereocenters. The lowest BCUT2D eigenvalue weighted by Gasteiger charge is -2.24. The third-order valence-corrected chi connectivity index (χ3v) is 2.47. The monoisotopic (exact) mass is 226 g/mol. The van der Waals surface area contributed by atoms with Gasteiger partial charge in [0.2, 0.25) is 5.91 Å². The van der Waals surface area contributed by atoms with Crippen molar-refractivity contribution in [3.8, 4) is 6.07 Å². The van der Waals surface area contributed by atoms with E-state index in [1.54, 1.807) is 4.90 Å². The molecule has 0 saturated carbocycles. The van der Waals surface area contributed by atoms with Crippen LogP contribution < -0.4 is 0 Å². The van der Waals surface area contributed by atoms with Crippen LogP contribution in [0.4, 0.5) is 0 Å². The summed E-state index contributed by atoms with van der Waals surface area (Å²) in [6.07, 6.45) is 0. The molecule has 0 saturated heterocycles. The summed E-state index contributed by atoms with van der Waals surface area (Å²) >= 11 is 0. The van der Waals surface area contributed by atoms with Gasteiger partial charge < -0.3 is 9.64 Å². The van der Waals surface area contributed by atoms with Gasteiger partial charge in [-0.2, -0.15) is 5.26 Å². The molecule has 1 atom stereocenters. The van der Waals surface area contributed by atoms with Crippen molar-refractivity contribution in [1.29, 1.82) is 5.26 Å². The van der Waals surface area contributed by atoms with Crippen LogP contribution in [0.15, 0.2) is 0 Å². The maximum atomic E-state index is 12.0. The number of likely N-dealkylation sites (N-methyl/N-ethyl adjacent to an activating group) is 1. The summed E-state index contributed by atoms with van der Waals surface area (Å²) in [4.78, 5) is 13.7. The Bertz CT molecular complexity index is 246. The highest BCUT2D eigenvalue weighted by Crippen LogP contribution is 2.13. The van der Waals surface area contributed by atoms with Crippen molar-refractivity contribution in [1.82, 2.24) is 4.90 Å². The molecule has 92 valence electrons. The number of ether oxygens (including phenoxy) is 1. The second-order valence-electron chi connectivity index (χ2n) is 3.97. The van der Waals surface area contributed by atoms with Crippen molar-refractivity contribution in [2.45, 2.75) is 27.7 Å². The minimum absolute atomic E-state index is 0.0543. The fraction of sp³-hybridized carbons (Fsp3) is 0.833. The molecule has 0 aromatic heterocycles. The van der Waals surface area contributed by atoms with Crippen molar-refractivity contribution in [3.63, 3.8) is 0 Å². The van der Waals surface area contributed by atoms with Gasteiger partial charge in [0.15, 0.2) is 0 Å². The number of carbonyl (C=O) groups excluding carboxylic acids is 1. The SMILES string of the molecule is CCOCCN(CC)C(=O)C(C#N)C(C)C. The summed E-state index contributed by atoms with van der Waals surface area (Å²) in [5.74, 6) is -0.570. The third kappa shape index (κ3) is 4.63. The first-order chi connectivity index (χ1) is 7.58. The molecule has 0 spiro atoms. The van der Waals surface area contributed by atoms with Gasteiger partial charge in [0.25, 0.3) is 0 Å². The predicted molar refractivity (Wildman–Crippen MR) is 62.7 cm³/mol. The average molecular weight is 226 g/mol. The molecular formula is C12H22N2O2. The van der Waals surface area contributed by atoms with Gasteiger partial charge in [-0.3, -0.25) is 4.79 Å². The Kier molecular flexibility index (Phi) is 7.57. The highest BCUT2D eigenvalue weighted by atomic mass is 16.5. The van der Waals surface area contributed by atoms with Crippen LogP contribution in [0.3, 0.4) is 0 Å². The van der Waals surface area contributed by atoms with Gasteiger partial charge in [0.1, 0.15) is 5.92 Å². The molecule has 4 heteroatoms. The van der Waals surface area contributed by atoms with Crippen molar-refractivity contribution in [2.24, 2.45) is 11.8 Å². The summed E-state index contributed by atoms with van der Waals surface area (Å²) in [7, 11) is 0. The predicted octanol–water partition coefficient (Wildman–Crippen LogP) is 1.67. The molecule has 0 aromatic rings. The first kappa shape index (κ1) is 14.9. The van der Waals surface area contributed by atoms with Crippen LogP contribution in [0.5, 0.6) is 0 Å². The van der Waals surface area contributed by atoms with E-state index in [2.05, 4.69) is 6.07 Å². The molecule has 0 aliphatic heterocycles. The van der Waals surface area contributed by atoms with Crippen LogP contribution in [-0.2, 0) is 9.53 Å². The van der Waals surface area contributed by atoms with Gasteiger partial charge in [0.05, 0.1) is 12.7 Å². The Labute approximate surface area is 98.2 Å². The van der Waals surface area contributed by atoms with Gasteiger partial charge in [-0.1, -0.05) is 13.8 Å². The topological polar surface area (TPSA) is 53.3 Å². The standard InChI is InChI=1S/C12H22N2O2/c1-5-14(7-8-16-6-2)12(15)11(9-13)10(3)4/h10-11H,5-8H2,1-4H3. The lowest BCUT2D eigenvalue weighted by atomic mass is 9.96. The van der Waals surface area contributed by atoms with E-state index in [0.29, 0.717) is 26.3 Å². The third-order valence-electron chi connectivity index (χ3n) is 2.47. The first-order valence-electron chi connectivity index (χ1n) is 5.84. The molecule has 0 bridgehead atoms. The molecule has 0 heterocycles. The van der Waals surface area contributed by atoms with Gasteiger partial charge >= 0.3 is 0 Å². The van der Waals surface area contributed by atoms with E-state index in [4.69, 9.17) is 10.00 Å². The lowest BCUT2D eigenvalue weighted by Crippen LogP contribution is -2.39. The zero-order chi connectivity index (χ0) is 12.6. The van der Waals surface area contributed by atoms with Crippen molar-refractivity contribution < 1.29 is 9.53 Å². The van der Waals surface area contributed by atoms with Crippen molar-refractivity contribution in [2.75, 3.05) is 26.3 Å². The number of hydrogen-bond acceptors (Lipinski definition) is 3. The maximum absolute atomic E-state index is 12.0. The lowest BCUT2D eigenvalue weighted by molar-refractivity contribution is -0.135. The zero-order valence-electron chi connectivity index (χ0n) is 10.7. The fourth-order valence-electron chi connectivity index (χ4n) is 1.43. The largest absolute Gasteiger partial charge is 0.380 e. The van der Waals surface area contributed by atoms with E-state index < -0.39 is 5.92 Å². The Morgan fingerprint density at radius 2 is 2.06 bits per heavy atom. The molecule has 0 rings (SSSR count). The molecule has 16 heavy (non-hydrogen) atoms. The molecule has 0 aliphatic carbocycles. The minimum atomic E-state index is -0.540. The molecular weight excluding hydrogens is 204 g/mol. The van der Waals surface area contributed by atoms with Crippen LogP contribution in [0.25, 0.3) is 0 Å². The van der Waals surface area contributed by atoms with Gasteiger partial charge in [-0.05, 0) is 19.8 Å². The number of carbonyl (C=O) groups is 1. The Hall–Kier alpha value is -1.08. The number of amides is 1. The van der Waals surface area contributed by atoms with Gasteiger partial charge in [-0.15, -0.1) is 0 Å². The molecule has 0 N–H and O–H groups in total. The number of rotatable bonds is 7. The summed E-state index contributed by atoms with van der Waals surface area (Å²) in [6, 6.07) is 2.07. The maximum Gasteiger partial charge on any atom is 0.240 e. The first-order valence-corrected chi connectivity index (χ1v) is 5.84. The Balaban J connectivity index is 4.34. The summed E-state index contributed by atoms with van der Waals surface area (Å²) in [5.41, 5.74) is 0. The quantitative estimate of drug-likeness (QED) is 0.620. The average Bonchev–Trinajstić information content (AvgIpc) is 2.24. The fourth-order valence-corrected chi connectivity index (χ4v) is 1.43. The minimum Gasteiger partial charge on any atom is -0.380 e. The van der Waals surface area contributed by atoms with Crippen LogP contribution in [-0.4, -0.2) is 37.1 Å². The van der Waals surface area contributed by atoms with Crippen LogP contribution in [0.2, 0.25) is 0 Å². The van der Waals surface area contributed by atoms with Crippen LogP contribution in [0, 0.1) is 23.2 Å². The van der Waals surface area contributed by atoms with E-state index >= 15 is 0 Å². The molecule has 0 radical (unpaired) electrons. The summed E-state index contributed by atoms with van der Waals surface area (Å²) < 4.78 is 5.21. The van der Waals surface area contributed by atoms with E-state index in [9.17, 15) is 4.79 Å². The Morgan fingerprint density at radius 1 is 1.44 bits per heavy atom. The van der Waals surface area contributed by atoms with Gasteiger partial charge in [0, 0.05) is 19.7 Å². The number of nitrogens with zero attached hydrogens (tertiary/aromatic N) is 2. The molecule has 0 aromatic carbocycles. The summed E-state index contributed by atoms with van der Waals surface area (Å²) in [5, 5.41) is 8.95. The Morgan fingerprint density at radius 3 is 2.44 bits per heavy atom. The van der Waals surface area contributed by atoms with E-state index in [0.717, 1.165) is 0 Å². The van der Waals surface area contributed by atoms with Crippen LogP contribution >= 0.6 is 0 Å². The van der Waals surface area contributed by atoms with E-state index in [1.807, 2.05) is 27.7 Å². The van der Waals surface area contributed by atoms with Crippen molar-refractivity contribution in [3.05, 3.63) is 0 Å². The highest BCUT2D eigenvalue weighted by Gasteiger charge is 2.25. The molecule has 0 aliphatic rings. The zero-order valence-corrected chi connectivity index (χ0v) is 10.7. The second kappa shape index (κ2) is 8.12. The molecule has 0 fully saturated rings. The molecule has 4 nitrogen and oxygen atoms in total. The van der Waals surface area contributed by atoms with Gasteiger partial charge in [-0.25, -0.2) is 0 Å². The normalized spacial score (nSPS) is 12.2. The molecule has 1 amide bonds. The van der Waals surface area contributed by atoms with E-state index in [-0.39, 0.29) is 11.8 Å². The number of hydrogen-bond donors (Lipinski definition) is 0. The second-order valence-corrected chi connectivity index (χ2v) is 3.97. The van der Waals surface area contributed by atoms with Crippen LogP contribution in [0.1, 0.15) is 27.7 Å². The van der Waals surface area contributed by atoms with E-state index in [1.165, 1.54) is 0 Å².